The van der Waals surface area contributed by atoms with Gasteiger partial charge < -0.3 is 9.52 Å². The average Bonchev–Trinajstić information content (AvgIpc) is 2.76. The van der Waals surface area contributed by atoms with Crippen LogP contribution in [0.3, 0.4) is 0 Å². The maximum atomic E-state index is 10.1. The van der Waals surface area contributed by atoms with E-state index in [4.69, 9.17) is 4.42 Å². The Bertz CT molecular complexity index is 271. The zero-order chi connectivity index (χ0) is 10.0. The van der Waals surface area contributed by atoms with Crippen molar-refractivity contribution < 1.29 is 9.52 Å². The van der Waals surface area contributed by atoms with Gasteiger partial charge in [0.15, 0.2) is 0 Å². The van der Waals surface area contributed by atoms with Gasteiger partial charge in [-0.25, -0.2) is 0 Å². The molecule has 1 aromatic heterocycles. The molecule has 0 saturated heterocycles. The van der Waals surface area contributed by atoms with Gasteiger partial charge in [-0.2, -0.15) is 0 Å². The number of hydrogen-bond acceptors (Lipinski definition) is 2. The van der Waals surface area contributed by atoms with Gasteiger partial charge in [0, 0.05) is 6.42 Å². The van der Waals surface area contributed by atoms with E-state index in [-0.39, 0.29) is 11.5 Å². The summed E-state index contributed by atoms with van der Waals surface area (Å²) in [5.74, 6) is 0. The topological polar surface area (TPSA) is 33.4 Å². The molecule has 0 bridgehead atoms. The molecule has 0 spiro atoms. The Labute approximate surface area is 84.9 Å². The van der Waals surface area contributed by atoms with Crippen molar-refractivity contribution in [1.82, 2.24) is 0 Å². The minimum atomic E-state index is -0.220. The van der Waals surface area contributed by atoms with E-state index in [1.54, 1.807) is 12.5 Å². The van der Waals surface area contributed by atoms with Gasteiger partial charge in [0.1, 0.15) is 0 Å². The number of aliphatic hydroxyl groups excluding tert-OH is 1. The molecule has 1 aliphatic rings. The smallest absolute Gasteiger partial charge is 0.0935 e. The van der Waals surface area contributed by atoms with E-state index in [1.807, 2.05) is 6.07 Å². The molecule has 1 aromatic rings. The molecule has 1 unspecified atom stereocenters. The van der Waals surface area contributed by atoms with Crippen LogP contribution in [0.5, 0.6) is 0 Å². The molecule has 1 fully saturated rings. The summed E-state index contributed by atoms with van der Waals surface area (Å²) < 4.78 is 5.00. The van der Waals surface area contributed by atoms with Gasteiger partial charge in [-0.3, -0.25) is 0 Å². The summed E-state index contributed by atoms with van der Waals surface area (Å²) in [4.78, 5) is 0. The molecule has 1 N–H and O–H groups in total. The van der Waals surface area contributed by atoms with Gasteiger partial charge >= 0.3 is 0 Å². The van der Waals surface area contributed by atoms with Gasteiger partial charge in [-0.05, 0) is 29.9 Å². The highest BCUT2D eigenvalue weighted by Crippen LogP contribution is 2.41. The van der Waals surface area contributed by atoms with Crippen molar-refractivity contribution in [3.8, 4) is 0 Å². The summed E-state index contributed by atoms with van der Waals surface area (Å²) in [6.07, 6.45) is 8.74. The zero-order valence-electron chi connectivity index (χ0n) is 8.70. The minimum absolute atomic E-state index is 0.136. The Morgan fingerprint density at radius 1 is 1.50 bits per heavy atom. The molecule has 14 heavy (non-hydrogen) atoms. The summed E-state index contributed by atoms with van der Waals surface area (Å²) in [7, 11) is 0. The summed E-state index contributed by atoms with van der Waals surface area (Å²) in [5, 5.41) is 10.1. The number of furan rings is 1. The predicted octanol–water partition coefficient (Wildman–Crippen LogP) is 2.76. The molecule has 0 radical (unpaired) electrons. The Kier molecular flexibility index (Phi) is 2.64. The second-order valence-corrected chi connectivity index (χ2v) is 4.71. The van der Waals surface area contributed by atoms with Crippen molar-refractivity contribution in [2.24, 2.45) is 5.41 Å². The highest BCUT2D eigenvalue weighted by atomic mass is 16.3. The fourth-order valence-electron chi connectivity index (χ4n) is 2.39. The fraction of sp³-hybridized carbons (Fsp3) is 0.667. The molecule has 2 nitrogen and oxygen atoms in total. The van der Waals surface area contributed by atoms with Crippen LogP contribution in [0.1, 0.15) is 38.2 Å². The molecule has 0 aromatic carbocycles. The molecule has 2 rings (SSSR count). The molecule has 1 saturated carbocycles. The number of aliphatic hydroxyl groups is 1. The van der Waals surface area contributed by atoms with Crippen molar-refractivity contribution in [2.45, 2.75) is 45.1 Å². The molecule has 1 aliphatic carbocycles. The monoisotopic (exact) mass is 194 g/mol. The Morgan fingerprint density at radius 3 is 2.79 bits per heavy atom. The van der Waals surface area contributed by atoms with E-state index in [0.29, 0.717) is 0 Å². The minimum Gasteiger partial charge on any atom is -0.472 e. The van der Waals surface area contributed by atoms with Crippen LogP contribution >= 0.6 is 0 Å². The first-order chi connectivity index (χ1) is 6.71. The molecular formula is C12H18O2. The summed E-state index contributed by atoms with van der Waals surface area (Å²) in [6.45, 7) is 2.20. The van der Waals surface area contributed by atoms with Crippen LogP contribution in [0.15, 0.2) is 23.0 Å². The molecular weight excluding hydrogens is 176 g/mol. The molecule has 1 heterocycles. The maximum Gasteiger partial charge on any atom is 0.0935 e. The summed E-state index contributed by atoms with van der Waals surface area (Å²) in [5.41, 5.74) is 1.24. The van der Waals surface area contributed by atoms with E-state index in [2.05, 4.69) is 6.92 Å². The Morgan fingerprint density at radius 2 is 2.21 bits per heavy atom. The first-order valence-corrected chi connectivity index (χ1v) is 5.40. The van der Waals surface area contributed by atoms with Gasteiger partial charge in [0.2, 0.25) is 0 Å². The second kappa shape index (κ2) is 3.77. The van der Waals surface area contributed by atoms with Crippen LogP contribution in [-0.4, -0.2) is 11.2 Å². The lowest BCUT2D eigenvalue weighted by Gasteiger charge is -2.29. The average molecular weight is 194 g/mol. The van der Waals surface area contributed by atoms with Crippen LogP contribution in [0, 0.1) is 5.41 Å². The second-order valence-electron chi connectivity index (χ2n) is 4.71. The third-order valence-corrected chi connectivity index (χ3v) is 3.56. The SMILES string of the molecule is CC1(C(O)Cc2ccoc2)CCCC1. The lowest BCUT2D eigenvalue weighted by molar-refractivity contribution is 0.0423. The van der Waals surface area contributed by atoms with Crippen LogP contribution < -0.4 is 0 Å². The lowest BCUT2D eigenvalue weighted by atomic mass is 9.80. The molecule has 1 atom stereocenters. The van der Waals surface area contributed by atoms with Crippen molar-refractivity contribution in [3.05, 3.63) is 24.2 Å². The zero-order valence-corrected chi connectivity index (χ0v) is 8.70. The van der Waals surface area contributed by atoms with Gasteiger partial charge in [0.05, 0.1) is 18.6 Å². The first kappa shape index (κ1) is 9.78. The van der Waals surface area contributed by atoms with E-state index in [1.165, 1.54) is 12.8 Å². The highest BCUT2D eigenvalue weighted by molar-refractivity contribution is 5.08. The Balaban J connectivity index is 1.98. The Hall–Kier alpha value is -0.760. The van der Waals surface area contributed by atoms with Crippen molar-refractivity contribution in [2.75, 3.05) is 0 Å². The van der Waals surface area contributed by atoms with E-state index in [0.717, 1.165) is 24.8 Å². The molecule has 0 amide bonds. The molecule has 2 heteroatoms. The van der Waals surface area contributed by atoms with Crippen molar-refractivity contribution in [1.29, 1.82) is 0 Å². The van der Waals surface area contributed by atoms with Crippen molar-refractivity contribution >= 4 is 0 Å². The quantitative estimate of drug-likeness (QED) is 0.802. The molecule has 0 aliphatic heterocycles. The van der Waals surface area contributed by atoms with Crippen molar-refractivity contribution in [3.63, 3.8) is 0 Å². The summed E-state index contributed by atoms with van der Waals surface area (Å²) in [6, 6.07) is 1.93. The predicted molar refractivity (Wildman–Crippen MR) is 55.0 cm³/mol. The third-order valence-electron chi connectivity index (χ3n) is 3.56. The van der Waals surface area contributed by atoms with E-state index >= 15 is 0 Å². The van der Waals surface area contributed by atoms with Crippen LogP contribution in [0.4, 0.5) is 0 Å². The normalized spacial score (nSPS) is 22.4. The fourth-order valence-corrected chi connectivity index (χ4v) is 2.39. The van der Waals surface area contributed by atoms with E-state index < -0.39 is 0 Å². The first-order valence-electron chi connectivity index (χ1n) is 5.40. The largest absolute Gasteiger partial charge is 0.472 e. The summed E-state index contributed by atoms with van der Waals surface area (Å²) >= 11 is 0. The van der Waals surface area contributed by atoms with E-state index in [9.17, 15) is 5.11 Å². The lowest BCUT2D eigenvalue weighted by Crippen LogP contribution is -2.31. The van der Waals surface area contributed by atoms with Gasteiger partial charge in [-0.15, -0.1) is 0 Å². The maximum absolute atomic E-state index is 10.1. The standard InChI is InChI=1S/C12H18O2/c1-12(5-2-3-6-12)11(13)8-10-4-7-14-9-10/h4,7,9,11,13H,2-3,5-6,8H2,1H3. The highest BCUT2D eigenvalue weighted by Gasteiger charge is 2.35. The van der Waals surface area contributed by atoms with Crippen LogP contribution in [-0.2, 0) is 6.42 Å². The van der Waals surface area contributed by atoms with Crippen LogP contribution in [0.2, 0.25) is 0 Å². The number of rotatable bonds is 3. The van der Waals surface area contributed by atoms with Gasteiger partial charge in [0.25, 0.3) is 0 Å². The molecule has 78 valence electrons. The van der Waals surface area contributed by atoms with Gasteiger partial charge in [-0.1, -0.05) is 19.8 Å². The van der Waals surface area contributed by atoms with Crippen LogP contribution in [0.25, 0.3) is 0 Å². The third kappa shape index (κ3) is 1.85. The number of hydrogen-bond donors (Lipinski definition) is 1.